The molecule has 5 nitrogen and oxygen atoms in total. The number of hydrogen-bond acceptors (Lipinski definition) is 6. The number of nitrogens with zero attached hydrogens (tertiary/aromatic N) is 2. The highest BCUT2D eigenvalue weighted by atomic mass is 35.5. The lowest BCUT2D eigenvalue weighted by molar-refractivity contribution is 0.102. The minimum Gasteiger partial charge on any atom is -0.407 e. The van der Waals surface area contributed by atoms with Crippen molar-refractivity contribution in [2.45, 2.75) is 6.42 Å². The Kier molecular flexibility index (Phi) is 3.81. The molecule has 1 amide bonds. The van der Waals surface area contributed by atoms with Crippen LogP contribution in [0.2, 0.25) is 4.34 Å². The predicted molar refractivity (Wildman–Crippen MR) is 78.7 cm³/mol. The number of amides is 1. The molecule has 3 rings (SSSR count). The molecule has 3 aromatic rings. The Balaban J connectivity index is 1.66. The number of rotatable bonds is 4. The van der Waals surface area contributed by atoms with Crippen LogP contribution in [-0.2, 0) is 6.42 Å². The number of carbonyl (C=O) groups excluding carboxylic acids is 1. The first-order chi connectivity index (χ1) is 9.70. The van der Waals surface area contributed by atoms with E-state index in [1.165, 1.54) is 22.7 Å². The summed E-state index contributed by atoms with van der Waals surface area (Å²) in [6, 6.07) is 7.35. The third-order valence-electron chi connectivity index (χ3n) is 2.39. The molecule has 1 N–H and O–H groups in total. The summed E-state index contributed by atoms with van der Waals surface area (Å²) in [4.78, 5) is 13.4. The molecular formula is C12H8ClN3O2S2. The Morgan fingerprint density at radius 2 is 2.25 bits per heavy atom. The number of halogens is 1. The summed E-state index contributed by atoms with van der Waals surface area (Å²) < 4.78 is 6.09. The van der Waals surface area contributed by atoms with Gasteiger partial charge in [-0.15, -0.1) is 27.8 Å². The van der Waals surface area contributed by atoms with Crippen molar-refractivity contribution in [3.63, 3.8) is 0 Å². The van der Waals surface area contributed by atoms with Gasteiger partial charge in [-0.25, -0.2) is 0 Å². The standard InChI is InChI=1S/C12H8ClN3O2S2/c13-9-4-3-7(20-9)6-10-15-16-12(18-10)14-11(17)8-2-1-5-19-8/h1-5H,6H2,(H,14,16,17). The van der Waals surface area contributed by atoms with E-state index in [-0.39, 0.29) is 11.9 Å². The lowest BCUT2D eigenvalue weighted by Crippen LogP contribution is -2.10. The van der Waals surface area contributed by atoms with Crippen molar-refractivity contribution in [2.75, 3.05) is 5.32 Å². The first kappa shape index (κ1) is 13.3. The van der Waals surface area contributed by atoms with Gasteiger partial charge in [0.2, 0.25) is 5.89 Å². The Morgan fingerprint density at radius 1 is 1.35 bits per heavy atom. The second-order valence-corrected chi connectivity index (χ2v) is 6.56. The number of aromatic nitrogens is 2. The zero-order valence-corrected chi connectivity index (χ0v) is 12.4. The molecule has 0 aliphatic heterocycles. The van der Waals surface area contributed by atoms with E-state index in [1.807, 2.05) is 17.5 Å². The number of carbonyl (C=O) groups is 1. The molecule has 0 spiro atoms. The lowest BCUT2D eigenvalue weighted by Gasteiger charge is -1.95. The van der Waals surface area contributed by atoms with Crippen LogP contribution in [-0.4, -0.2) is 16.1 Å². The van der Waals surface area contributed by atoms with E-state index < -0.39 is 0 Å². The fourth-order valence-electron chi connectivity index (χ4n) is 1.54. The minimum atomic E-state index is -0.255. The fourth-order valence-corrected chi connectivity index (χ4v) is 3.24. The molecule has 0 aromatic carbocycles. The van der Waals surface area contributed by atoms with E-state index in [9.17, 15) is 4.79 Å². The van der Waals surface area contributed by atoms with E-state index >= 15 is 0 Å². The van der Waals surface area contributed by atoms with E-state index in [0.717, 1.165) is 4.88 Å². The van der Waals surface area contributed by atoms with Gasteiger partial charge in [0.05, 0.1) is 15.6 Å². The van der Waals surface area contributed by atoms with Crippen LogP contribution < -0.4 is 5.32 Å². The smallest absolute Gasteiger partial charge is 0.322 e. The SMILES string of the molecule is O=C(Nc1nnc(Cc2ccc(Cl)s2)o1)c1cccs1. The van der Waals surface area contributed by atoms with Crippen molar-refractivity contribution >= 4 is 46.2 Å². The van der Waals surface area contributed by atoms with Gasteiger partial charge in [0, 0.05) is 4.88 Å². The Morgan fingerprint density at radius 3 is 2.95 bits per heavy atom. The maximum Gasteiger partial charge on any atom is 0.322 e. The van der Waals surface area contributed by atoms with Gasteiger partial charge in [-0.1, -0.05) is 22.8 Å². The zero-order valence-electron chi connectivity index (χ0n) is 10.00. The van der Waals surface area contributed by atoms with Gasteiger partial charge < -0.3 is 4.42 Å². The van der Waals surface area contributed by atoms with Gasteiger partial charge >= 0.3 is 6.01 Å². The van der Waals surface area contributed by atoms with Gasteiger partial charge in [-0.2, -0.15) is 0 Å². The normalized spacial score (nSPS) is 10.7. The van der Waals surface area contributed by atoms with Crippen molar-refractivity contribution in [1.29, 1.82) is 0 Å². The molecule has 0 radical (unpaired) electrons. The average Bonchev–Trinajstić information content (AvgIpc) is 3.12. The van der Waals surface area contributed by atoms with Crippen LogP contribution in [0, 0.1) is 0 Å². The molecule has 0 saturated carbocycles. The summed E-state index contributed by atoms with van der Waals surface area (Å²) in [7, 11) is 0. The van der Waals surface area contributed by atoms with E-state index in [1.54, 1.807) is 12.1 Å². The molecule has 0 aliphatic carbocycles. The molecule has 0 atom stereocenters. The predicted octanol–water partition coefficient (Wildman–Crippen LogP) is 3.69. The summed E-state index contributed by atoms with van der Waals surface area (Å²) in [5.41, 5.74) is 0. The van der Waals surface area contributed by atoms with Crippen molar-refractivity contribution in [3.8, 4) is 0 Å². The fraction of sp³-hybridized carbons (Fsp3) is 0.0833. The highest BCUT2D eigenvalue weighted by Crippen LogP contribution is 2.24. The first-order valence-corrected chi connectivity index (χ1v) is 7.69. The third-order valence-corrected chi connectivity index (χ3v) is 4.49. The molecule has 20 heavy (non-hydrogen) atoms. The van der Waals surface area contributed by atoms with Gasteiger partial charge in [0.1, 0.15) is 0 Å². The maximum absolute atomic E-state index is 11.8. The molecule has 3 aromatic heterocycles. The summed E-state index contributed by atoms with van der Waals surface area (Å²) in [5.74, 6) is 0.180. The Bertz CT molecular complexity index is 721. The van der Waals surface area contributed by atoms with E-state index in [0.29, 0.717) is 21.5 Å². The summed E-state index contributed by atoms with van der Waals surface area (Å²) in [6.45, 7) is 0. The molecule has 102 valence electrons. The van der Waals surface area contributed by atoms with Crippen LogP contribution in [0.25, 0.3) is 0 Å². The summed E-state index contributed by atoms with van der Waals surface area (Å²) >= 11 is 8.66. The van der Waals surface area contributed by atoms with Crippen LogP contribution in [0.15, 0.2) is 34.1 Å². The molecule has 8 heteroatoms. The van der Waals surface area contributed by atoms with Crippen molar-refractivity contribution in [1.82, 2.24) is 10.2 Å². The number of nitrogens with one attached hydrogen (secondary N) is 1. The second-order valence-electron chi connectivity index (χ2n) is 3.81. The number of hydrogen-bond donors (Lipinski definition) is 1. The third kappa shape index (κ3) is 3.06. The molecule has 0 fully saturated rings. The van der Waals surface area contributed by atoms with Crippen molar-refractivity contribution in [3.05, 3.63) is 49.6 Å². The molecule has 0 bridgehead atoms. The van der Waals surface area contributed by atoms with Gasteiger partial charge in [0.25, 0.3) is 5.91 Å². The van der Waals surface area contributed by atoms with Crippen molar-refractivity contribution in [2.24, 2.45) is 0 Å². The number of thiophene rings is 2. The van der Waals surface area contributed by atoms with Gasteiger partial charge in [0.15, 0.2) is 0 Å². The Hall–Kier alpha value is -1.70. The largest absolute Gasteiger partial charge is 0.407 e. The molecule has 3 heterocycles. The van der Waals surface area contributed by atoms with Crippen LogP contribution in [0.3, 0.4) is 0 Å². The summed E-state index contributed by atoms with van der Waals surface area (Å²) in [6.07, 6.45) is 0.499. The summed E-state index contributed by atoms with van der Waals surface area (Å²) in [5, 5.41) is 12.1. The Labute approximate surface area is 127 Å². The maximum atomic E-state index is 11.8. The van der Waals surface area contributed by atoms with Crippen molar-refractivity contribution < 1.29 is 9.21 Å². The number of anilines is 1. The van der Waals surface area contributed by atoms with Gasteiger partial charge in [-0.05, 0) is 23.6 Å². The van der Waals surface area contributed by atoms with Gasteiger partial charge in [-0.3, -0.25) is 10.1 Å². The average molecular weight is 326 g/mol. The van der Waals surface area contributed by atoms with E-state index in [2.05, 4.69) is 15.5 Å². The highest BCUT2D eigenvalue weighted by molar-refractivity contribution is 7.16. The molecule has 0 unspecified atom stereocenters. The zero-order chi connectivity index (χ0) is 13.9. The quantitative estimate of drug-likeness (QED) is 0.794. The van der Waals surface area contributed by atoms with Crippen LogP contribution in [0.4, 0.5) is 6.01 Å². The van der Waals surface area contributed by atoms with Crippen LogP contribution >= 0.6 is 34.3 Å². The minimum absolute atomic E-state index is 0.0982. The molecule has 0 saturated heterocycles. The lowest BCUT2D eigenvalue weighted by atomic mass is 10.3. The second kappa shape index (κ2) is 5.74. The topological polar surface area (TPSA) is 68.0 Å². The van der Waals surface area contributed by atoms with Crippen LogP contribution in [0.1, 0.15) is 20.4 Å². The molecular weight excluding hydrogens is 318 g/mol. The monoisotopic (exact) mass is 325 g/mol. The first-order valence-electron chi connectivity index (χ1n) is 5.62. The highest BCUT2D eigenvalue weighted by Gasteiger charge is 2.13. The molecule has 0 aliphatic rings. The van der Waals surface area contributed by atoms with E-state index in [4.69, 9.17) is 16.0 Å². The van der Waals surface area contributed by atoms with Crippen LogP contribution in [0.5, 0.6) is 0 Å².